The van der Waals surface area contributed by atoms with Crippen molar-refractivity contribution >= 4 is 18.1 Å². The number of nitrogens with one attached hydrogen (secondary N) is 1. The van der Waals surface area contributed by atoms with Crippen molar-refractivity contribution in [2.45, 2.75) is 6.61 Å². The van der Waals surface area contributed by atoms with E-state index in [2.05, 4.69) is 15.3 Å². The van der Waals surface area contributed by atoms with E-state index >= 15 is 0 Å². The number of benzene rings is 1. The van der Waals surface area contributed by atoms with Gasteiger partial charge < -0.3 is 4.74 Å². The van der Waals surface area contributed by atoms with Crippen LogP contribution >= 0.6 is 0 Å². The van der Waals surface area contributed by atoms with Gasteiger partial charge >= 0.3 is 6.09 Å². The summed E-state index contributed by atoms with van der Waals surface area (Å²) < 4.78 is 5.01. The number of hydrogen-bond acceptors (Lipinski definition) is 5. The molecular weight excluding hydrogens is 246 g/mol. The molecule has 0 aliphatic heterocycles. The second-order valence-corrected chi connectivity index (χ2v) is 3.63. The van der Waals surface area contributed by atoms with E-state index in [9.17, 15) is 9.59 Å². The summed E-state index contributed by atoms with van der Waals surface area (Å²) in [6.45, 7) is 0.181. The Kier molecular flexibility index (Phi) is 4.17. The average Bonchev–Trinajstić information content (AvgIpc) is 2.47. The molecule has 0 radical (unpaired) electrons. The molecule has 0 bridgehead atoms. The normalized spacial score (nSPS) is 9.68. The van der Waals surface area contributed by atoms with Crippen molar-refractivity contribution in [3.8, 4) is 0 Å². The first kappa shape index (κ1) is 12.7. The van der Waals surface area contributed by atoms with E-state index < -0.39 is 6.09 Å². The summed E-state index contributed by atoms with van der Waals surface area (Å²) in [5, 5.41) is 2.46. The molecule has 6 nitrogen and oxygen atoms in total. The molecule has 1 aromatic carbocycles. The lowest BCUT2D eigenvalue weighted by Gasteiger charge is -2.06. The number of aldehydes is 1. The second kappa shape index (κ2) is 6.25. The Balaban J connectivity index is 1.85. The number of amides is 1. The van der Waals surface area contributed by atoms with E-state index in [4.69, 9.17) is 4.74 Å². The highest BCUT2D eigenvalue weighted by Crippen LogP contribution is 2.05. The van der Waals surface area contributed by atoms with Crippen LogP contribution in [0.2, 0.25) is 0 Å². The van der Waals surface area contributed by atoms with Gasteiger partial charge in [-0.1, -0.05) is 30.3 Å². The molecule has 1 aromatic heterocycles. The molecule has 1 heterocycles. The molecule has 0 atom stereocenters. The molecule has 0 fully saturated rings. The van der Waals surface area contributed by atoms with Crippen LogP contribution in [0.25, 0.3) is 0 Å². The van der Waals surface area contributed by atoms with Crippen molar-refractivity contribution in [3.63, 3.8) is 0 Å². The fourth-order valence-electron chi connectivity index (χ4n) is 1.34. The molecule has 96 valence electrons. The molecule has 2 aromatic rings. The largest absolute Gasteiger partial charge is 0.444 e. The van der Waals surface area contributed by atoms with Crippen LogP contribution in [0.4, 0.5) is 10.5 Å². The predicted molar refractivity (Wildman–Crippen MR) is 67.7 cm³/mol. The zero-order chi connectivity index (χ0) is 13.5. The summed E-state index contributed by atoms with van der Waals surface area (Å²) in [5.41, 5.74) is 1.26. The van der Waals surface area contributed by atoms with E-state index in [1.165, 1.54) is 12.4 Å². The van der Waals surface area contributed by atoms with Crippen LogP contribution in [0, 0.1) is 0 Å². The summed E-state index contributed by atoms with van der Waals surface area (Å²) >= 11 is 0. The molecule has 0 saturated carbocycles. The number of aromatic nitrogens is 2. The molecule has 0 aliphatic carbocycles. The van der Waals surface area contributed by atoms with E-state index in [1.54, 1.807) is 0 Å². The molecule has 1 N–H and O–H groups in total. The Labute approximate surface area is 109 Å². The van der Waals surface area contributed by atoms with Gasteiger partial charge in [0.15, 0.2) is 12.1 Å². The molecule has 1 amide bonds. The molecule has 2 rings (SSSR count). The van der Waals surface area contributed by atoms with Crippen molar-refractivity contribution in [1.82, 2.24) is 9.97 Å². The molecule has 19 heavy (non-hydrogen) atoms. The monoisotopic (exact) mass is 257 g/mol. The number of hydrogen-bond donors (Lipinski definition) is 1. The van der Waals surface area contributed by atoms with Crippen LogP contribution in [0.3, 0.4) is 0 Å². The second-order valence-electron chi connectivity index (χ2n) is 3.63. The number of ether oxygens (including phenoxy) is 1. The van der Waals surface area contributed by atoms with Crippen LogP contribution in [-0.4, -0.2) is 22.3 Å². The highest BCUT2D eigenvalue weighted by molar-refractivity contribution is 5.84. The van der Waals surface area contributed by atoms with Crippen LogP contribution in [0.15, 0.2) is 42.7 Å². The van der Waals surface area contributed by atoms with Crippen molar-refractivity contribution < 1.29 is 14.3 Å². The zero-order valence-electron chi connectivity index (χ0n) is 9.95. The highest BCUT2D eigenvalue weighted by Gasteiger charge is 2.04. The fourth-order valence-corrected chi connectivity index (χ4v) is 1.34. The molecule has 0 saturated heterocycles. The lowest BCUT2D eigenvalue weighted by molar-refractivity contribution is 0.111. The van der Waals surface area contributed by atoms with Gasteiger partial charge in [-0.05, 0) is 5.56 Å². The standard InChI is InChI=1S/C13H11N3O3/c17-8-12-14-6-11(7-15-12)16-13(18)19-9-10-4-2-1-3-5-10/h1-8H,9H2,(H,16,18). The first-order chi connectivity index (χ1) is 9.28. The van der Waals surface area contributed by atoms with Gasteiger partial charge in [-0.3, -0.25) is 10.1 Å². The van der Waals surface area contributed by atoms with Gasteiger partial charge in [0.05, 0.1) is 18.1 Å². The summed E-state index contributed by atoms with van der Waals surface area (Å²) in [5.74, 6) is 0.0585. The maximum atomic E-state index is 11.5. The Morgan fingerprint density at radius 1 is 1.21 bits per heavy atom. The van der Waals surface area contributed by atoms with E-state index in [0.717, 1.165) is 5.56 Å². The van der Waals surface area contributed by atoms with Gasteiger partial charge in [0, 0.05) is 0 Å². The van der Waals surface area contributed by atoms with Gasteiger partial charge in [0.25, 0.3) is 0 Å². The minimum Gasteiger partial charge on any atom is -0.444 e. The highest BCUT2D eigenvalue weighted by atomic mass is 16.5. The first-order valence-electron chi connectivity index (χ1n) is 5.53. The third kappa shape index (κ3) is 3.88. The van der Waals surface area contributed by atoms with Gasteiger partial charge in [0.2, 0.25) is 0 Å². The summed E-state index contributed by atoms with van der Waals surface area (Å²) in [4.78, 5) is 29.3. The van der Waals surface area contributed by atoms with E-state index in [1.807, 2.05) is 30.3 Å². The van der Waals surface area contributed by atoms with Crippen LogP contribution < -0.4 is 5.32 Å². The van der Waals surface area contributed by atoms with Crippen LogP contribution in [0.1, 0.15) is 16.2 Å². The fraction of sp³-hybridized carbons (Fsp3) is 0.0769. The molecular formula is C13H11N3O3. The Hall–Kier alpha value is -2.76. The van der Waals surface area contributed by atoms with Crippen molar-refractivity contribution in [1.29, 1.82) is 0 Å². The van der Waals surface area contributed by atoms with Gasteiger partial charge in [-0.2, -0.15) is 0 Å². The van der Waals surface area contributed by atoms with Gasteiger partial charge in [-0.15, -0.1) is 0 Å². The Morgan fingerprint density at radius 2 is 1.89 bits per heavy atom. The van der Waals surface area contributed by atoms with Crippen LogP contribution in [0.5, 0.6) is 0 Å². The Morgan fingerprint density at radius 3 is 2.53 bits per heavy atom. The lowest BCUT2D eigenvalue weighted by atomic mass is 10.2. The lowest BCUT2D eigenvalue weighted by Crippen LogP contribution is -2.14. The minimum atomic E-state index is -0.605. The molecule has 0 spiro atoms. The number of carbonyl (C=O) groups excluding carboxylic acids is 2. The predicted octanol–water partition coefficient (Wildman–Crippen LogP) is 2.04. The summed E-state index contributed by atoms with van der Waals surface area (Å²) in [6, 6.07) is 9.32. The average molecular weight is 257 g/mol. The molecule has 0 aliphatic rings. The summed E-state index contributed by atoms with van der Waals surface area (Å²) in [6.07, 6.45) is 2.59. The van der Waals surface area contributed by atoms with E-state index in [-0.39, 0.29) is 12.4 Å². The number of nitrogens with zero attached hydrogens (tertiary/aromatic N) is 2. The maximum Gasteiger partial charge on any atom is 0.412 e. The number of carbonyl (C=O) groups is 2. The van der Waals surface area contributed by atoms with Crippen molar-refractivity contribution in [2.75, 3.05) is 5.32 Å². The van der Waals surface area contributed by atoms with Crippen LogP contribution in [-0.2, 0) is 11.3 Å². The topological polar surface area (TPSA) is 81.2 Å². The zero-order valence-corrected chi connectivity index (χ0v) is 9.95. The van der Waals surface area contributed by atoms with Gasteiger partial charge in [-0.25, -0.2) is 14.8 Å². The third-order valence-electron chi connectivity index (χ3n) is 2.24. The third-order valence-corrected chi connectivity index (χ3v) is 2.24. The maximum absolute atomic E-state index is 11.5. The smallest absolute Gasteiger partial charge is 0.412 e. The quantitative estimate of drug-likeness (QED) is 0.847. The molecule has 0 unspecified atom stereocenters. The molecule has 6 heteroatoms. The summed E-state index contributed by atoms with van der Waals surface area (Å²) in [7, 11) is 0. The van der Waals surface area contributed by atoms with Gasteiger partial charge in [0.1, 0.15) is 6.61 Å². The van der Waals surface area contributed by atoms with Crippen molar-refractivity contribution in [3.05, 3.63) is 54.1 Å². The minimum absolute atomic E-state index is 0.0585. The Bertz CT molecular complexity index is 555. The van der Waals surface area contributed by atoms with Crippen molar-refractivity contribution in [2.24, 2.45) is 0 Å². The number of rotatable bonds is 4. The first-order valence-corrected chi connectivity index (χ1v) is 5.53. The SMILES string of the molecule is O=Cc1ncc(NC(=O)OCc2ccccc2)cn1. The van der Waals surface area contributed by atoms with E-state index in [0.29, 0.717) is 12.0 Å². The number of anilines is 1.